The molecule has 0 fully saturated rings. The zero-order valence-electron chi connectivity index (χ0n) is 52.7. The fourth-order valence-electron chi connectivity index (χ4n) is 9.47. The van der Waals surface area contributed by atoms with Crippen molar-refractivity contribution in [3.05, 3.63) is 283 Å². The van der Waals surface area contributed by atoms with Crippen LogP contribution in [0.4, 0.5) is 39.5 Å². The quantitative estimate of drug-likeness (QED) is 0.0526. The van der Waals surface area contributed by atoms with Gasteiger partial charge in [-0.1, -0.05) is 88.7 Å². The Morgan fingerprint density at radius 3 is 1.10 bits per heavy atom. The summed E-state index contributed by atoms with van der Waals surface area (Å²) >= 11 is 3.01. The van der Waals surface area contributed by atoms with Crippen molar-refractivity contribution in [2.24, 2.45) is 0 Å². The lowest BCUT2D eigenvalue weighted by atomic mass is 10.1. The molecule has 0 amide bonds. The standard InChI is InChI=1S/C25H18F3NO4.C24H16F3NO4.C16H12BrF3O3.C9H7NO.CH3/c1-31-24(30)13-16-4-2-6-18(12-16)33-23-9-8-19(14-21(23)25(26,27)28)32-22-7-3-5-17-10-11-29-15-20(17)22;25-24(26,27)20-13-18(31-21-6-2-4-16-9-10-28-14-19(16)21)7-8-22(20)32-17-5-1-3-15(11-17)12-23(29)30;1-22-15(21)8-10-3-2-4-12(7-10)23-14-6-5-11(17)9-13(14)16(18,19)20;11-9-3-1-2-7-4-5-10-6-8(7)9;/h2-12,14-15H,13H2,1H3;1-11,13-14H,12H2,(H,29,30);2-7,9H,8H2,1H3;1-6,11H;1H3/q;;;;-1. The van der Waals surface area contributed by atoms with Gasteiger partial charge in [0.1, 0.15) is 74.4 Å². The number of alkyl halides is 9. The van der Waals surface area contributed by atoms with Gasteiger partial charge in [0.05, 0.1) is 39.0 Å². The van der Waals surface area contributed by atoms with Crippen LogP contribution in [0, 0.1) is 7.43 Å². The Morgan fingerprint density at radius 2 is 0.720 bits per heavy atom. The lowest BCUT2D eigenvalue weighted by Crippen LogP contribution is -2.08. The Morgan fingerprint density at radius 1 is 0.390 bits per heavy atom. The highest BCUT2D eigenvalue weighted by Crippen LogP contribution is 2.45. The third-order valence-electron chi connectivity index (χ3n) is 14.0. The summed E-state index contributed by atoms with van der Waals surface area (Å²) in [6, 6.07) is 50.4. The van der Waals surface area contributed by atoms with Gasteiger partial charge in [-0.25, -0.2) is 0 Å². The van der Waals surface area contributed by atoms with Crippen molar-refractivity contribution in [2.45, 2.75) is 37.8 Å². The van der Waals surface area contributed by atoms with Crippen LogP contribution >= 0.6 is 15.9 Å². The van der Waals surface area contributed by atoms with E-state index in [4.69, 9.17) is 28.8 Å². The van der Waals surface area contributed by atoms with E-state index in [1.165, 1.54) is 93.1 Å². The molecular weight excluding hydrogens is 1390 g/mol. The van der Waals surface area contributed by atoms with Crippen LogP contribution < -0.4 is 23.7 Å². The minimum absolute atomic E-state index is 0. The van der Waals surface area contributed by atoms with E-state index in [1.807, 2.05) is 30.3 Å². The first-order valence-electron chi connectivity index (χ1n) is 29.3. The second-order valence-electron chi connectivity index (χ2n) is 21.1. The summed E-state index contributed by atoms with van der Waals surface area (Å²) in [6.45, 7) is 0. The zero-order chi connectivity index (χ0) is 70.9. The predicted molar refractivity (Wildman–Crippen MR) is 358 cm³/mol. The molecule has 9 aromatic carbocycles. The van der Waals surface area contributed by atoms with Gasteiger partial charge in [-0.05, 0) is 160 Å². The van der Waals surface area contributed by atoms with Crippen molar-refractivity contribution in [2.75, 3.05) is 14.2 Å². The molecule has 25 heteroatoms. The number of hydrogen-bond donors (Lipinski definition) is 2. The van der Waals surface area contributed by atoms with E-state index in [0.717, 1.165) is 39.7 Å². The van der Waals surface area contributed by atoms with Gasteiger partial charge < -0.3 is 50.8 Å². The summed E-state index contributed by atoms with van der Waals surface area (Å²) in [7, 11) is 2.52. The highest BCUT2D eigenvalue weighted by atomic mass is 79.9. The number of phenols is 1. The van der Waals surface area contributed by atoms with E-state index in [-0.39, 0.29) is 72.7 Å². The van der Waals surface area contributed by atoms with Gasteiger partial charge in [-0.2, -0.15) is 39.5 Å². The number of nitrogens with zero attached hydrogens (tertiary/aromatic N) is 3. The molecule has 2 N–H and O–H groups in total. The molecule has 0 spiro atoms. The molecule has 0 saturated carbocycles. The number of rotatable bonds is 16. The molecule has 12 aromatic rings. The maximum atomic E-state index is 13.8. The zero-order valence-corrected chi connectivity index (χ0v) is 54.3. The molecule has 0 saturated heterocycles. The highest BCUT2D eigenvalue weighted by Gasteiger charge is 2.37. The minimum Gasteiger partial charge on any atom is -0.507 e. The smallest absolute Gasteiger partial charge is 0.420 e. The van der Waals surface area contributed by atoms with Gasteiger partial charge >= 0.3 is 36.4 Å². The van der Waals surface area contributed by atoms with E-state index in [1.54, 1.807) is 110 Å². The molecule has 0 unspecified atom stereocenters. The number of phenolic OH excluding ortho intramolecular Hbond substituents is 1. The fraction of sp³-hybridized carbons (Fsp3) is 0.107. The first-order valence-corrected chi connectivity index (χ1v) is 30.1. The number of pyridine rings is 3. The maximum Gasteiger partial charge on any atom is 0.420 e. The van der Waals surface area contributed by atoms with Crippen LogP contribution in [0.2, 0.25) is 0 Å². The van der Waals surface area contributed by atoms with E-state index in [0.29, 0.717) is 43.4 Å². The monoisotopic (exact) mass is 1440 g/mol. The van der Waals surface area contributed by atoms with Crippen LogP contribution in [0.25, 0.3) is 32.3 Å². The second kappa shape index (κ2) is 33.5. The number of aromatic hydroxyl groups is 1. The van der Waals surface area contributed by atoms with Crippen LogP contribution in [-0.4, -0.2) is 57.3 Å². The Labute approximate surface area is 573 Å². The molecule has 0 aliphatic carbocycles. The number of fused-ring (bicyclic) bond motifs is 3. The Balaban J connectivity index is 0.000000178. The van der Waals surface area contributed by atoms with Gasteiger partial charge in [-0.3, -0.25) is 29.3 Å². The molecule has 0 aliphatic rings. The number of carboxylic acid groups (broad SMARTS) is 1. The van der Waals surface area contributed by atoms with Gasteiger partial charge in [-0.15, -0.1) is 0 Å². The number of methoxy groups -OCH3 is 2. The number of benzene rings is 9. The number of esters is 2. The van der Waals surface area contributed by atoms with Crippen molar-refractivity contribution in [1.82, 2.24) is 15.0 Å². The van der Waals surface area contributed by atoms with E-state index >= 15 is 0 Å². The van der Waals surface area contributed by atoms with Crippen LogP contribution in [0.1, 0.15) is 33.4 Å². The summed E-state index contributed by atoms with van der Waals surface area (Å²) < 4.78 is 159. The van der Waals surface area contributed by atoms with Crippen molar-refractivity contribution in [3.8, 4) is 63.2 Å². The number of aliphatic carboxylic acids is 1. The lowest BCUT2D eigenvalue weighted by Gasteiger charge is -2.16. The maximum absolute atomic E-state index is 13.8. The van der Waals surface area contributed by atoms with E-state index < -0.39 is 58.9 Å². The molecule has 100 heavy (non-hydrogen) atoms. The summed E-state index contributed by atoms with van der Waals surface area (Å²) in [4.78, 5) is 45.6. The number of carbonyl (C=O) groups is 3. The van der Waals surface area contributed by atoms with Crippen molar-refractivity contribution < 1.29 is 97.3 Å². The van der Waals surface area contributed by atoms with Crippen LogP contribution in [0.15, 0.2) is 242 Å². The predicted octanol–water partition coefficient (Wildman–Crippen LogP) is 20.4. The van der Waals surface area contributed by atoms with Crippen LogP contribution in [-0.2, 0) is 61.6 Å². The van der Waals surface area contributed by atoms with Crippen LogP contribution in [0.5, 0.6) is 63.2 Å². The summed E-state index contributed by atoms with van der Waals surface area (Å²) in [5.74, 6) is -1.56. The number of carboxylic acids is 1. The van der Waals surface area contributed by atoms with Gasteiger partial charge in [0.15, 0.2) is 0 Å². The van der Waals surface area contributed by atoms with E-state index in [9.17, 15) is 59.0 Å². The number of hydrogen-bond acceptors (Lipinski definition) is 14. The number of halogens is 10. The molecule has 0 atom stereocenters. The minimum atomic E-state index is -4.70. The lowest BCUT2D eigenvalue weighted by molar-refractivity contribution is -0.140. The molecule has 3 heterocycles. The Hall–Kier alpha value is -11.7. The number of carbonyl (C=O) groups excluding carboxylic acids is 2. The Bertz CT molecular complexity index is 4830. The number of aromatic nitrogens is 3. The topological polar surface area (TPSA) is 195 Å². The molecule has 15 nitrogen and oxygen atoms in total. The third kappa shape index (κ3) is 20.7. The molecule has 12 rings (SSSR count). The van der Waals surface area contributed by atoms with Crippen molar-refractivity contribution in [3.63, 3.8) is 0 Å². The molecular formula is C75H56BrF9N3O12-. The SMILES string of the molecule is COC(=O)Cc1cccc(Oc2ccc(Br)cc2C(F)(F)F)c1.COC(=O)Cc1cccc(Oc2ccc(Oc3cccc4ccncc34)cc2C(F)(F)F)c1.O=C(O)Cc1cccc(Oc2ccc(Oc3cccc4ccncc34)cc2C(F)(F)F)c1.Oc1cccc2ccncc12.[CH3-]. The average Bonchev–Trinajstić information content (AvgIpc) is 0.837. The fourth-order valence-corrected chi connectivity index (χ4v) is 9.83. The molecule has 3 aromatic heterocycles. The van der Waals surface area contributed by atoms with Crippen molar-refractivity contribution in [1.29, 1.82) is 0 Å². The van der Waals surface area contributed by atoms with Crippen LogP contribution in [0.3, 0.4) is 0 Å². The summed E-state index contributed by atoms with van der Waals surface area (Å²) in [5.41, 5.74) is -1.34. The molecule has 0 bridgehead atoms. The van der Waals surface area contributed by atoms with E-state index in [2.05, 4.69) is 40.4 Å². The van der Waals surface area contributed by atoms with Crippen molar-refractivity contribution >= 4 is 66.2 Å². The molecule has 514 valence electrons. The third-order valence-corrected chi connectivity index (χ3v) is 14.5. The summed E-state index contributed by atoms with van der Waals surface area (Å²) in [5, 5.41) is 23.1. The van der Waals surface area contributed by atoms with Gasteiger partial charge in [0.2, 0.25) is 0 Å². The first kappa shape index (κ1) is 74.1. The highest BCUT2D eigenvalue weighted by molar-refractivity contribution is 9.10. The first-order chi connectivity index (χ1) is 47.3. The largest absolute Gasteiger partial charge is 0.507 e. The molecule has 0 aliphatic heterocycles. The number of ether oxygens (including phenoxy) is 7. The van der Waals surface area contributed by atoms with Gasteiger partial charge in [0.25, 0.3) is 0 Å². The average molecular weight is 1440 g/mol. The molecule has 0 radical (unpaired) electrons. The van der Waals surface area contributed by atoms with Gasteiger partial charge in [0, 0.05) is 57.8 Å². The normalized spacial score (nSPS) is 11.0. The summed E-state index contributed by atoms with van der Waals surface area (Å²) in [6.07, 6.45) is -4.42. The second-order valence-corrected chi connectivity index (χ2v) is 22.0. The Kier molecular flexibility index (Phi) is 24.8.